The van der Waals surface area contributed by atoms with Crippen molar-refractivity contribution < 1.29 is 9.90 Å². The van der Waals surface area contributed by atoms with Crippen LogP contribution in [0.2, 0.25) is 0 Å². The van der Waals surface area contributed by atoms with Gasteiger partial charge in [-0.3, -0.25) is 9.80 Å². The number of aliphatic hydroxyl groups is 1. The van der Waals surface area contributed by atoms with Crippen molar-refractivity contribution in [2.75, 3.05) is 6.54 Å². The van der Waals surface area contributed by atoms with Gasteiger partial charge in [0, 0.05) is 12.1 Å². The van der Waals surface area contributed by atoms with E-state index in [4.69, 9.17) is 0 Å². The van der Waals surface area contributed by atoms with Crippen molar-refractivity contribution in [2.24, 2.45) is 0 Å². The molecule has 0 bridgehead atoms. The highest BCUT2D eigenvalue weighted by molar-refractivity contribution is 5.96. The number of carbonyl (C=O) groups is 1. The van der Waals surface area contributed by atoms with Gasteiger partial charge in [-0.2, -0.15) is 0 Å². The Hall–Kier alpha value is -2.05. The number of rotatable bonds is 4. The third kappa shape index (κ3) is 3.30. The predicted octanol–water partition coefficient (Wildman–Crippen LogP) is 3.07. The van der Waals surface area contributed by atoms with Crippen LogP contribution < -0.4 is 10.7 Å². The van der Waals surface area contributed by atoms with Crippen LogP contribution in [0, 0.1) is 0 Å². The first-order valence-electron chi connectivity index (χ1n) is 11.3. The molecule has 0 radical (unpaired) electrons. The Bertz CT molecular complexity index is 831. The van der Waals surface area contributed by atoms with Crippen LogP contribution in [0.4, 0.5) is 0 Å². The second-order valence-electron chi connectivity index (χ2n) is 9.78. The standard InChI is InChI=1S/C24H36N4O2/c1-6-24(7-2)13-18(29)15-27(24)22(30)20-16(3)26-28-21(20)25-19(14-23(28,4)5)17-11-9-8-10-12-17/h8-12,16,18-19,25-26,29H,6-7,13-15H2,1-5H3/t16?,18-,19-/m1/s1. The minimum atomic E-state index is -0.451. The molecule has 1 unspecified atom stereocenters. The molecule has 6 heteroatoms. The second-order valence-corrected chi connectivity index (χ2v) is 9.78. The number of β-amino-alcohol motifs (C(OH)–C–C–N with tert-alkyl or cyclic N) is 1. The molecular formula is C24H36N4O2. The van der Waals surface area contributed by atoms with E-state index in [0.717, 1.165) is 30.7 Å². The van der Waals surface area contributed by atoms with Crippen LogP contribution in [0.15, 0.2) is 41.7 Å². The summed E-state index contributed by atoms with van der Waals surface area (Å²) >= 11 is 0. The van der Waals surface area contributed by atoms with E-state index in [1.54, 1.807) is 0 Å². The smallest absolute Gasteiger partial charge is 0.255 e. The zero-order valence-corrected chi connectivity index (χ0v) is 18.9. The number of hydrazine groups is 1. The Morgan fingerprint density at radius 2 is 1.83 bits per heavy atom. The third-order valence-electron chi connectivity index (χ3n) is 7.43. The van der Waals surface area contributed by atoms with Crippen molar-refractivity contribution in [3.8, 4) is 0 Å². The molecule has 0 saturated carbocycles. The van der Waals surface area contributed by atoms with Crippen molar-refractivity contribution in [1.29, 1.82) is 0 Å². The molecule has 1 aromatic rings. The molecule has 3 heterocycles. The Balaban J connectivity index is 1.73. The van der Waals surface area contributed by atoms with Crippen LogP contribution in [0.1, 0.15) is 71.9 Å². The Morgan fingerprint density at radius 1 is 1.17 bits per heavy atom. The average Bonchev–Trinajstić information content (AvgIpc) is 3.25. The van der Waals surface area contributed by atoms with E-state index in [-0.39, 0.29) is 29.1 Å². The van der Waals surface area contributed by atoms with Gasteiger partial charge in [0.05, 0.1) is 29.3 Å². The summed E-state index contributed by atoms with van der Waals surface area (Å²) in [6.45, 7) is 11.2. The molecule has 3 aliphatic heterocycles. The van der Waals surface area contributed by atoms with Crippen LogP contribution in [-0.2, 0) is 4.79 Å². The van der Waals surface area contributed by atoms with E-state index in [1.807, 2.05) is 11.0 Å². The van der Waals surface area contributed by atoms with Crippen molar-refractivity contribution in [2.45, 2.75) is 89.6 Å². The van der Waals surface area contributed by atoms with E-state index < -0.39 is 6.10 Å². The number of hydrogen-bond acceptors (Lipinski definition) is 5. The molecule has 3 aliphatic rings. The lowest BCUT2D eigenvalue weighted by Crippen LogP contribution is -2.57. The molecule has 1 aromatic carbocycles. The summed E-state index contributed by atoms with van der Waals surface area (Å²) in [4.78, 5) is 15.8. The van der Waals surface area contributed by atoms with Crippen LogP contribution in [0.3, 0.4) is 0 Å². The lowest BCUT2D eigenvalue weighted by Gasteiger charge is -2.47. The predicted molar refractivity (Wildman–Crippen MR) is 118 cm³/mol. The number of carbonyl (C=O) groups excluding carboxylic acids is 1. The number of benzene rings is 1. The lowest BCUT2D eigenvalue weighted by atomic mass is 9.87. The maximum atomic E-state index is 13.9. The summed E-state index contributed by atoms with van der Waals surface area (Å²) in [6.07, 6.45) is 2.84. The van der Waals surface area contributed by atoms with E-state index in [9.17, 15) is 9.90 Å². The molecule has 2 fully saturated rings. The van der Waals surface area contributed by atoms with Crippen LogP contribution in [0.5, 0.6) is 0 Å². The molecule has 0 aliphatic carbocycles. The highest BCUT2D eigenvalue weighted by Crippen LogP contribution is 2.42. The first kappa shape index (κ1) is 21.2. The zero-order chi connectivity index (χ0) is 21.7. The zero-order valence-electron chi connectivity index (χ0n) is 18.9. The van der Waals surface area contributed by atoms with Crippen molar-refractivity contribution in [3.05, 3.63) is 47.3 Å². The molecule has 3 atom stereocenters. The fourth-order valence-corrected chi connectivity index (χ4v) is 5.63. The molecule has 30 heavy (non-hydrogen) atoms. The van der Waals surface area contributed by atoms with E-state index in [2.05, 4.69) is 74.6 Å². The highest BCUT2D eigenvalue weighted by Gasteiger charge is 2.50. The van der Waals surface area contributed by atoms with E-state index in [1.165, 1.54) is 5.56 Å². The summed E-state index contributed by atoms with van der Waals surface area (Å²) in [5, 5.41) is 16.2. The van der Waals surface area contributed by atoms with Gasteiger partial charge < -0.3 is 15.3 Å². The SMILES string of the molecule is CCC1(CC)C[C@@H](O)CN1C(=O)C1=C2N[C@@H](c3ccccc3)CC(C)(C)N2NC1C. The van der Waals surface area contributed by atoms with Gasteiger partial charge in [-0.05, 0) is 52.0 Å². The van der Waals surface area contributed by atoms with Crippen molar-refractivity contribution >= 4 is 5.91 Å². The largest absolute Gasteiger partial charge is 0.391 e. The number of aliphatic hydroxyl groups excluding tert-OH is 1. The summed E-state index contributed by atoms with van der Waals surface area (Å²) in [5.74, 6) is 0.935. The number of amides is 1. The van der Waals surface area contributed by atoms with Crippen molar-refractivity contribution in [1.82, 2.24) is 20.7 Å². The summed E-state index contributed by atoms with van der Waals surface area (Å²) in [5.41, 5.74) is 5.14. The minimum absolute atomic E-state index is 0.0461. The van der Waals surface area contributed by atoms with Gasteiger partial charge in [-0.15, -0.1) is 0 Å². The topological polar surface area (TPSA) is 67.8 Å². The average molecular weight is 413 g/mol. The number of nitrogens with zero attached hydrogens (tertiary/aromatic N) is 2. The highest BCUT2D eigenvalue weighted by atomic mass is 16.3. The Kier molecular flexibility index (Phi) is 5.35. The van der Waals surface area contributed by atoms with Gasteiger partial charge in [0.25, 0.3) is 5.91 Å². The Labute approximate surface area is 180 Å². The van der Waals surface area contributed by atoms with E-state index >= 15 is 0 Å². The molecule has 2 saturated heterocycles. The molecule has 1 amide bonds. The number of likely N-dealkylation sites (tertiary alicyclic amines) is 1. The second kappa shape index (κ2) is 7.57. The monoisotopic (exact) mass is 412 g/mol. The molecular weight excluding hydrogens is 376 g/mol. The number of hydrogen-bond donors (Lipinski definition) is 3. The molecule has 6 nitrogen and oxygen atoms in total. The van der Waals surface area contributed by atoms with Gasteiger partial charge in [-0.25, -0.2) is 5.43 Å². The van der Waals surface area contributed by atoms with Crippen molar-refractivity contribution in [3.63, 3.8) is 0 Å². The normalized spacial score (nSPS) is 29.7. The minimum Gasteiger partial charge on any atom is -0.391 e. The fourth-order valence-electron chi connectivity index (χ4n) is 5.63. The summed E-state index contributed by atoms with van der Waals surface area (Å²) in [7, 11) is 0. The fraction of sp³-hybridized carbons (Fsp3) is 0.625. The number of fused-ring (bicyclic) bond motifs is 1. The molecule has 164 valence electrons. The lowest BCUT2D eigenvalue weighted by molar-refractivity contribution is -0.132. The van der Waals surface area contributed by atoms with Crippen LogP contribution in [-0.4, -0.2) is 50.7 Å². The summed E-state index contributed by atoms with van der Waals surface area (Å²) in [6, 6.07) is 10.5. The van der Waals surface area contributed by atoms with Gasteiger partial charge in [-0.1, -0.05) is 44.2 Å². The summed E-state index contributed by atoms with van der Waals surface area (Å²) < 4.78 is 0. The van der Waals surface area contributed by atoms with Crippen LogP contribution >= 0.6 is 0 Å². The maximum Gasteiger partial charge on any atom is 0.255 e. The maximum absolute atomic E-state index is 13.9. The van der Waals surface area contributed by atoms with Crippen LogP contribution in [0.25, 0.3) is 0 Å². The van der Waals surface area contributed by atoms with Gasteiger partial charge >= 0.3 is 0 Å². The van der Waals surface area contributed by atoms with Gasteiger partial charge in [0.2, 0.25) is 0 Å². The first-order valence-corrected chi connectivity index (χ1v) is 11.3. The van der Waals surface area contributed by atoms with E-state index in [0.29, 0.717) is 13.0 Å². The van der Waals surface area contributed by atoms with Gasteiger partial charge in [0.15, 0.2) is 0 Å². The first-order chi connectivity index (χ1) is 14.2. The van der Waals surface area contributed by atoms with Gasteiger partial charge in [0.1, 0.15) is 5.82 Å². The molecule has 0 spiro atoms. The quantitative estimate of drug-likeness (QED) is 0.709. The molecule has 3 N–H and O–H groups in total. The third-order valence-corrected chi connectivity index (χ3v) is 7.43. The Morgan fingerprint density at radius 3 is 2.47 bits per heavy atom. The molecule has 4 rings (SSSR count). The molecule has 0 aromatic heterocycles. The number of nitrogens with one attached hydrogen (secondary N) is 2.